The number of nitrogens with one attached hydrogen (secondary N) is 1. The van der Waals surface area contributed by atoms with Gasteiger partial charge in [-0.05, 0) is 36.5 Å². The monoisotopic (exact) mass is 396 g/mol. The molecule has 0 bridgehead atoms. The van der Waals surface area contributed by atoms with Crippen LogP contribution in [0.1, 0.15) is 36.4 Å². The fourth-order valence-corrected chi connectivity index (χ4v) is 4.59. The number of hydrogen-bond donors (Lipinski definition) is 1. The molecule has 0 saturated carbocycles. The molecule has 3 aliphatic rings. The third kappa shape index (κ3) is 4.02. The number of piperidine rings is 1. The minimum atomic E-state index is -0.0436. The Labute approximate surface area is 171 Å². The van der Waals surface area contributed by atoms with E-state index in [1.54, 1.807) is 6.20 Å². The van der Waals surface area contributed by atoms with Gasteiger partial charge in [0.05, 0.1) is 31.4 Å². The van der Waals surface area contributed by atoms with Crippen molar-refractivity contribution in [1.29, 1.82) is 0 Å². The SMILES string of the molecule is O=C(Nc1ccnn1C1CCN(Cc2ccc3c(c2)CCO3)CC1)[C@H]1CCOC1. The lowest BCUT2D eigenvalue weighted by molar-refractivity contribution is -0.119. The van der Waals surface area contributed by atoms with Crippen LogP contribution in [0.15, 0.2) is 30.5 Å². The van der Waals surface area contributed by atoms with Gasteiger partial charge in [0.1, 0.15) is 11.6 Å². The maximum atomic E-state index is 12.4. The summed E-state index contributed by atoms with van der Waals surface area (Å²) in [5, 5.41) is 7.57. The van der Waals surface area contributed by atoms with Crippen molar-refractivity contribution in [2.45, 2.75) is 38.3 Å². The summed E-state index contributed by atoms with van der Waals surface area (Å²) in [5.74, 6) is 1.85. The third-order valence-corrected chi connectivity index (χ3v) is 6.29. The smallest absolute Gasteiger partial charge is 0.231 e. The summed E-state index contributed by atoms with van der Waals surface area (Å²) in [6, 6.07) is 8.81. The van der Waals surface area contributed by atoms with Crippen LogP contribution in [-0.2, 0) is 22.5 Å². The number of ether oxygens (including phenoxy) is 2. The summed E-state index contributed by atoms with van der Waals surface area (Å²) in [5.41, 5.74) is 2.69. The molecule has 0 unspecified atom stereocenters. The van der Waals surface area contributed by atoms with Crippen molar-refractivity contribution in [1.82, 2.24) is 14.7 Å². The van der Waals surface area contributed by atoms with Crippen LogP contribution in [-0.4, -0.2) is 53.5 Å². The molecule has 7 nitrogen and oxygen atoms in total. The topological polar surface area (TPSA) is 68.6 Å². The maximum Gasteiger partial charge on any atom is 0.231 e. The summed E-state index contributed by atoms with van der Waals surface area (Å²) >= 11 is 0. The summed E-state index contributed by atoms with van der Waals surface area (Å²) in [4.78, 5) is 14.9. The lowest BCUT2D eigenvalue weighted by Crippen LogP contribution is -2.35. The lowest BCUT2D eigenvalue weighted by atomic mass is 10.0. The molecule has 0 radical (unpaired) electrons. The van der Waals surface area contributed by atoms with E-state index in [-0.39, 0.29) is 11.8 Å². The van der Waals surface area contributed by atoms with E-state index < -0.39 is 0 Å². The van der Waals surface area contributed by atoms with Gasteiger partial charge < -0.3 is 14.8 Å². The van der Waals surface area contributed by atoms with E-state index in [2.05, 4.69) is 33.5 Å². The van der Waals surface area contributed by atoms with Crippen LogP contribution in [0.3, 0.4) is 0 Å². The van der Waals surface area contributed by atoms with Crippen LogP contribution in [0, 0.1) is 5.92 Å². The van der Waals surface area contributed by atoms with Gasteiger partial charge >= 0.3 is 0 Å². The zero-order valence-electron chi connectivity index (χ0n) is 16.7. The number of aromatic nitrogens is 2. The lowest BCUT2D eigenvalue weighted by Gasteiger charge is -2.32. The van der Waals surface area contributed by atoms with Crippen molar-refractivity contribution in [3.05, 3.63) is 41.6 Å². The van der Waals surface area contributed by atoms with Crippen LogP contribution in [0.5, 0.6) is 5.75 Å². The first kappa shape index (κ1) is 18.6. The Balaban J connectivity index is 1.17. The molecule has 29 heavy (non-hydrogen) atoms. The molecule has 4 heterocycles. The number of carbonyl (C=O) groups is 1. The van der Waals surface area contributed by atoms with Crippen molar-refractivity contribution in [2.75, 3.05) is 38.2 Å². The van der Waals surface area contributed by atoms with Crippen LogP contribution in [0.4, 0.5) is 5.82 Å². The highest BCUT2D eigenvalue weighted by atomic mass is 16.5. The van der Waals surface area contributed by atoms with Gasteiger partial charge in [0.15, 0.2) is 0 Å². The average Bonchev–Trinajstić information content (AvgIpc) is 3.50. The number of nitrogens with zero attached hydrogens (tertiary/aromatic N) is 3. The van der Waals surface area contributed by atoms with E-state index >= 15 is 0 Å². The standard InChI is InChI=1S/C22H28N4O3/c27-22(18-6-11-28-15-18)24-21-3-8-23-26(21)19-4-9-25(10-5-19)14-16-1-2-20-17(13-16)7-12-29-20/h1-3,8,13,18-19H,4-7,9-12,14-15H2,(H,24,27)/t18-/m0/s1. The molecular weight excluding hydrogens is 368 g/mol. The fourth-order valence-electron chi connectivity index (χ4n) is 4.59. The Kier molecular flexibility index (Phi) is 5.24. The highest BCUT2D eigenvalue weighted by molar-refractivity contribution is 5.92. The minimum absolute atomic E-state index is 0.0436. The molecule has 2 saturated heterocycles. The summed E-state index contributed by atoms with van der Waals surface area (Å²) in [6.45, 7) is 5.04. The van der Waals surface area contributed by atoms with E-state index in [0.29, 0.717) is 19.3 Å². The van der Waals surface area contributed by atoms with Crippen LogP contribution >= 0.6 is 0 Å². The van der Waals surface area contributed by atoms with Crippen LogP contribution in [0.25, 0.3) is 0 Å². The molecule has 0 aliphatic carbocycles. The van der Waals surface area contributed by atoms with Crippen molar-refractivity contribution < 1.29 is 14.3 Å². The molecule has 1 amide bonds. The number of benzene rings is 1. The van der Waals surface area contributed by atoms with Gasteiger partial charge in [-0.25, -0.2) is 4.68 Å². The Hall–Kier alpha value is -2.38. The van der Waals surface area contributed by atoms with Crippen molar-refractivity contribution in [3.8, 4) is 5.75 Å². The molecule has 1 aromatic heterocycles. The van der Waals surface area contributed by atoms with Gasteiger partial charge in [-0.15, -0.1) is 0 Å². The zero-order chi connectivity index (χ0) is 19.6. The summed E-state index contributed by atoms with van der Waals surface area (Å²) in [7, 11) is 0. The van der Waals surface area contributed by atoms with Crippen molar-refractivity contribution in [3.63, 3.8) is 0 Å². The van der Waals surface area contributed by atoms with Gasteiger partial charge in [0.2, 0.25) is 5.91 Å². The number of fused-ring (bicyclic) bond motifs is 1. The zero-order valence-corrected chi connectivity index (χ0v) is 16.7. The molecule has 1 atom stereocenters. The Morgan fingerprint density at radius 2 is 2.07 bits per heavy atom. The molecule has 3 aliphatic heterocycles. The van der Waals surface area contributed by atoms with E-state index in [1.165, 1.54) is 11.1 Å². The molecule has 2 fully saturated rings. The average molecular weight is 396 g/mol. The van der Waals surface area contributed by atoms with E-state index in [4.69, 9.17) is 9.47 Å². The quantitative estimate of drug-likeness (QED) is 0.842. The molecule has 154 valence electrons. The van der Waals surface area contributed by atoms with E-state index in [1.807, 2.05) is 10.7 Å². The number of carbonyl (C=O) groups excluding carboxylic acids is 1. The van der Waals surface area contributed by atoms with Crippen LogP contribution < -0.4 is 10.1 Å². The second-order valence-corrected chi connectivity index (χ2v) is 8.26. The minimum Gasteiger partial charge on any atom is -0.493 e. The largest absolute Gasteiger partial charge is 0.493 e. The molecule has 1 N–H and O–H groups in total. The number of anilines is 1. The second-order valence-electron chi connectivity index (χ2n) is 8.26. The van der Waals surface area contributed by atoms with Crippen LogP contribution in [0.2, 0.25) is 0 Å². The Bertz CT molecular complexity index is 867. The summed E-state index contributed by atoms with van der Waals surface area (Å²) < 4.78 is 12.9. The summed E-state index contributed by atoms with van der Waals surface area (Å²) in [6.07, 6.45) is 5.66. The van der Waals surface area contributed by atoms with Crippen molar-refractivity contribution in [2.24, 2.45) is 5.92 Å². The second kappa shape index (κ2) is 8.16. The molecule has 1 aromatic carbocycles. The predicted octanol–water partition coefficient (Wildman–Crippen LogP) is 2.63. The Morgan fingerprint density at radius 3 is 2.90 bits per heavy atom. The molecule has 2 aromatic rings. The third-order valence-electron chi connectivity index (χ3n) is 6.29. The Morgan fingerprint density at radius 1 is 1.17 bits per heavy atom. The van der Waals surface area contributed by atoms with Gasteiger partial charge in [-0.1, -0.05) is 12.1 Å². The van der Waals surface area contributed by atoms with Gasteiger partial charge in [0.25, 0.3) is 0 Å². The first-order chi connectivity index (χ1) is 14.3. The molecule has 7 heteroatoms. The molecule has 5 rings (SSSR count). The molecule has 0 spiro atoms. The number of hydrogen-bond acceptors (Lipinski definition) is 5. The number of likely N-dealkylation sites (tertiary alicyclic amines) is 1. The molecular formula is C22H28N4O3. The fraction of sp³-hybridized carbons (Fsp3) is 0.545. The number of rotatable bonds is 5. The van der Waals surface area contributed by atoms with Gasteiger partial charge in [-0.3, -0.25) is 9.69 Å². The first-order valence-electron chi connectivity index (χ1n) is 10.7. The highest BCUT2D eigenvalue weighted by Crippen LogP contribution is 2.29. The highest BCUT2D eigenvalue weighted by Gasteiger charge is 2.27. The van der Waals surface area contributed by atoms with Gasteiger partial charge in [-0.2, -0.15) is 5.10 Å². The predicted molar refractivity (Wildman–Crippen MR) is 109 cm³/mol. The number of amides is 1. The first-order valence-corrected chi connectivity index (χ1v) is 10.7. The van der Waals surface area contributed by atoms with Gasteiger partial charge in [0, 0.05) is 38.7 Å². The van der Waals surface area contributed by atoms with E-state index in [0.717, 1.165) is 63.5 Å². The van der Waals surface area contributed by atoms with E-state index in [9.17, 15) is 4.79 Å². The normalized spacial score (nSPS) is 22.4. The maximum absolute atomic E-state index is 12.4. The van der Waals surface area contributed by atoms with Crippen molar-refractivity contribution >= 4 is 11.7 Å².